The van der Waals surface area contributed by atoms with Gasteiger partial charge in [-0.25, -0.2) is 0 Å². The van der Waals surface area contributed by atoms with Crippen LogP contribution >= 0.6 is 35.0 Å². The van der Waals surface area contributed by atoms with Gasteiger partial charge in [0.25, 0.3) is 0 Å². The molecule has 2 aromatic carbocycles. The Labute approximate surface area is 195 Å². The van der Waals surface area contributed by atoms with Gasteiger partial charge in [0.05, 0.1) is 12.6 Å². The number of hydrogen-bond acceptors (Lipinski definition) is 3. The fraction of sp³-hybridized carbons (Fsp3) is 0.400. The van der Waals surface area contributed by atoms with Crippen LogP contribution in [0.15, 0.2) is 47.5 Å². The van der Waals surface area contributed by atoms with E-state index in [9.17, 15) is 0 Å². The lowest BCUT2D eigenvalue weighted by molar-refractivity contribution is 0.542. The second-order valence-corrected chi connectivity index (χ2v) is 10.9. The molecule has 1 unspecified atom stereocenters. The minimum absolute atomic E-state index is 0.0238. The van der Waals surface area contributed by atoms with Crippen LogP contribution in [0.25, 0.3) is 5.57 Å². The first kappa shape index (κ1) is 23.2. The number of benzene rings is 2. The van der Waals surface area contributed by atoms with Gasteiger partial charge in [0, 0.05) is 15.8 Å². The Balaban J connectivity index is 2.05. The number of thioether (sulfide) groups is 1. The summed E-state index contributed by atoms with van der Waals surface area (Å²) in [6.45, 7) is 11.9. The first-order chi connectivity index (χ1) is 14.1. The van der Waals surface area contributed by atoms with E-state index in [0.717, 1.165) is 29.4 Å². The Kier molecular flexibility index (Phi) is 7.60. The topological polar surface area (TPSA) is 24.4 Å². The third kappa shape index (κ3) is 6.29. The van der Waals surface area contributed by atoms with E-state index in [1.165, 1.54) is 22.3 Å². The van der Waals surface area contributed by atoms with Crippen LogP contribution in [0.2, 0.25) is 10.0 Å². The summed E-state index contributed by atoms with van der Waals surface area (Å²) in [7, 11) is 0. The molecule has 2 aromatic rings. The first-order valence-corrected chi connectivity index (χ1v) is 12.0. The molecule has 0 aromatic heterocycles. The van der Waals surface area contributed by atoms with Crippen molar-refractivity contribution in [3.63, 3.8) is 0 Å². The molecule has 3 rings (SSSR count). The Hall–Kier alpha value is -1.42. The Bertz CT molecular complexity index is 953. The summed E-state index contributed by atoms with van der Waals surface area (Å²) in [5, 5.41) is 6.06. The molecule has 0 aliphatic carbocycles. The van der Waals surface area contributed by atoms with E-state index in [2.05, 4.69) is 69.2 Å². The van der Waals surface area contributed by atoms with E-state index in [1.807, 2.05) is 12.1 Å². The standard InChI is InChI=1S/C25H30Cl2N2S/c1-16-7-6-8-22(17(16)2)23(29-24-28-9-10-30-24)13-19(15-25(3,4)5)18-11-20(26)14-21(27)12-18/h6-8,11-12,14-15,23H,9-10,13H2,1-5H3,(H,28,29)/b19-15-. The average molecular weight is 462 g/mol. The average Bonchev–Trinajstić information content (AvgIpc) is 3.14. The van der Waals surface area contributed by atoms with Gasteiger partial charge in [-0.2, -0.15) is 0 Å². The lowest BCUT2D eigenvalue weighted by Crippen LogP contribution is -2.26. The van der Waals surface area contributed by atoms with Crippen molar-refractivity contribution in [3.05, 3.63) is 74.8 Å². The van der Waals surface area contributed by atoms with Crippen LogP contribution in [0.3, 0.4) is 0 Å². The molecule has 1 aliphatic rings. The Morgan fingerprint density at radius 3 is 2.47 bits per heavy atom. The maximum Gasteiger partial charge on any atom is 0.157 e. The van der Waals surface area contributed by atoms with Crippen LogP contribution in [0.1, 0.15) is 55.5 Å². The highest BCUT2D eigenvalue weighted by Gasteiger charge is 2.22. The van der Waals surface area contributed by atoms with E-state index in [1.54, 1.807) is 17.8 Å². The molecule has 0 bridgehead atoms. The highest BCUT2D eigenvalue weighted by atomic mass is 35.5. The third-order valence-corrected chi connectivity index (χ3v) is 6.51. The van der Waals surface area contributed by atoms with Gasteiger partial charge in [-0.15, -0.1) is 0 Å². The first-order valence-electron chi connectivity index (χ1n) is 10.3. The second kappa shape index (κ2) is 9.80. The molecule has 1 atom stereocenters. The lowest BCUT2D eigenvalue weighted by atomic mass is 9.86. The zero-order chi connectivity index (χ0) is 21.9. The van der Waals surface area contributed by atoms with Crippen LogP contribution in [-0.2, 0) is 0 Å². The Morgan fingerprint density at radius 1 is 1.17 bits per heavy atom. The number of amidine groups is 1. The van der Waals surface area contributed by atoms with Crippen molar-refractivity contribution >= 4 is 45.7 Å². The van der Waals surface area contributed by atoms with Gasteiger partial charge in [-0.05, 0) is 71.7 Å². The maximum absolute atomic E-state index is 6.35. The highest BCUT2D eigenvalue weighted by molar-refractivity contribution is 8.14. The summed E-state index contributed by atoms with van der Waals surface area (Å²) in [6, 6.07) is 12.4. The van der Waals surface area contributed by atoms with Gasteiger partial charge in [0.15, 0.2) is 5.17 Å². The predicted molar refractivity (Wildman–Crippen MR) is 135 cm³/mol. The number of allylic oxidation sites excluding steroid dienone is 1. The molecule has 0 saturated heterocycles. The molecular formula is C25H30Cl2N2S. The van der Waals surface area contributed by atoms with Crippen molar-refractivity contribution in [2.45, 2.75) is 47.1 Å². The van der Waals surface area contributed by atoms with E-state index in [-0.39, 0.29) is 11.5 Å². The number of nitrogens with zero attached hydrogens (tertiary/aromatic N) is 1. The number of nitrogens with one attached hydrogen (secondary N) is 1. The van der Waals surface area contributed by atoms with Gasteiger partial charge < -0.3 is 5.32 Å². The van der Waals surface area contributed by atoms with Crippen LogP contribution < -0.4 is 5.32 Å². The minimum Gasteiger partial charge on any atom is -0.358 e. The molecule has 1 heterocycles. The molecule has 0 amide bonds. The van der Waals surface area contributed by atoms with Gasteiger partial charge >= 0.3 is 0 Å². The fourth-order valence-electron chi connectivity index (χ4n) is 3.70. The summed E-state index contributed by atoms with van der Waals surface area (Å²) in [6.07, 6.45) is 3.15. The minimum atomic E-state index is 0.0238. The van der Waals surface area contributed by atoms with Crippen LogP contribution in [0.4, 0.5) is 0 Å². The van der Waals surface area contributed by atoms with E-state index < -0.39 is 0 Å². The molecule has 1 aliphatic heterocycles. The van der Waals surface area contributed by atoms with Crippen molar-refractivity contribution in [1.82, 2.24) is 5.32 Å². The molecule has 5 heteroatoms. The van der Waals surface area contributed by atoms with Crippen LogP contribution in [-0.4, -0.2) is 17.5 Å². The summed E-state index contributed by atoms with van der Waals surface area (Å²) in [5.41, 5.74) is 6.24. The summed E-state index contributed by atoms with van der Waals surface area (Å²) in [5.74, 6) is 1.04. The quantitative estimate of drug-likeness (QED) is 0.490. The second-order valence-electron chi connectivity index (χ2n) is 8.92. The molecule has 30 heavy (non-hydrogen) atoms. The van der Waals surface area contributed by atoms with E-state index in [0.29, 0.717) is 10.0 Å². The van der Waals surface area contributed by atoms with Gasteiger partial charge in [0.1, 0.15) is 0 Å². The lowest BCUT2D eigenvalue weighted by Gasteiger charge is -2.26. The highest BCUT2D eigenvalue weighted by Crippen LogP contribution is 2.36. The van der Waals surface area contributed by atoms with Crippen LogP contribution in [0.5, 0.6) is 0 Å². The smallest absolute Gasteiger partial charge is 0.157 e. The molecule has 160 valence electrons. The largest absolute Gasteiger partial charge is 0.358 e. The number of aliphatic imine (C=N–C) groups is 1. The molecule has 0 saturated carbocycles. The maximum atomic E-state index is 6.35. The van der Waals surface area contributed by atoms with Crippen molar-refractivity contribution in [2.24, 2.45) is 10.4 Å². The molecule has 0 spiro atoms. The number of rotatable bonds is 5. The third-order valence-electron chi connectivity index (χ3n) is 5.17. The van der Waals surface area contributed by atoms with E-state index >= 15 is 0 Å². The SMILES string of the molecule is Cc1cccc(C(C/C(=C/C(C)(C)C)c2cc(Cl)cc(Cl)c2)NC2=NCCS2)c1C. The van der Waals surface area contributed by atoms with Gasteiger partial charge in [-0.3, -0.25) is 4.99 Å². The zero-order valence-corrected chi connectivity index (χ0v) is 20.7. The van der Waals surface area contributed by atoms with Crippen LogP contribution in [0, 0.1) is 19.3 Å². The van der Waals surface area contributed by atoms with Crippen molar-refractivity contribution < 1.29 is 0 Å². The molecule has 0 fully saturated rings. The zero-order valence-electron chi connectivity index (χ0n) is 18.4. The van der Waals surface area contributed by atoms with E-state index in [4.69, 9.17) is 23.2 Å². The molecule has 2 nitrogen and oxygen atoms in total. The van der Waals surface area contributed by atoms with Gasteiger partial charge in [-0.1, -0.05) is 80.0 Å². The summed E-state index contributed by atoms with van der Waals surface area (Å²) in [4.78, 5) is 4.64. The molecule has 1 N–H and O–H groups in total. The fourth-order valence-corrected chi connectivity index (χ4v) is 5.01. The van der Waals surface area contributed by atoms with Crippen molar-refractivity contribution in [2.75, 3.05) is 12.3 Å². The number of aryl methyl sites for hydroxylation is 1. The summed E-state index contributed by atoms with van der Waals surface area (Å²) >= 11 is 14.5. The molecule has 0 radical (unpaired) electrons. The number of halogens is 2. The molecular weight excluding hydrogens is 431 g/mol. The number of hydrogen-bond donors (Lipinski definition) is 1. The predicted octanol–water partition coefficient (Wildman–Crippen LogP) is 7.86. The normalized spacial score (nSPS) is 15.8. The van der Waals surface area contributed by atoms with Crippen molar-refractivity contribution in [1.29, 1.82) is 0 Å². The van der Waals surface area contributed by atoms with Gasteiger partial charge in [0.2, 0.25) is 0 Å². The monoisotopic (exact) mass is 460 g/mol. The Morgan fingerprint density at radius 2 is 1.87 bits per heavy atom. The van der Waals surface area contributed by atoms with Crippen molar-refractivity contribution in [3.8, 4) is 0 Å². The summed E-state index contributed by atoms with van der Waals surface area (Å²) < 4.78 is 0.